The average molecular weight is 874 g/mol. The third-order valence-electron chi connectivity index (χ3n) is 5.81. The molecule has 20 heteroatoms. The summed E-state index contributed by atoms with van der Waals surface area (Å²) in [5.41, 5.74) is 1.21. The molecule has 57 heavy (non-hydrogen) atoms. The van der Waals surface area contributed by atoms with Crippen LogP contribution in [0.2, 0.25) is 5.15 Å². The normalized spacial score (nSPS) is 9.51. The minimum Gasteiger partial charge on any atom is -0.481 e. The minimum atomic E-state index is -0.872. The molecule has 0 aromatic carbocycles. The zero-order valence-corrected chi connectivity index (χ0v) is 38.6. The number of carboxylic acids is 1. The number of carbonyl (C=O) groups is 4. The van der Waals surface area contributed by atoms with Gasteiger partial charge in [0.2, 0.25) is 18.7 Å². The molecule has 2 heterocycles. The Hall–Kier alpha value is -3.04. The van der Waals surface area contributed by atoms with Crippen molar-refractivity contribution in [2.24, 2.45) is 0 Å². The van der Waals surface area contributed by atoms with Crippen molar-refractivity contribution < 1.29 is 43.2 Å². The number of aromatic nitrogens is 4. The molecule has 0 aliphatic rings. The van der Waals surface area contributed by atoms with E-state index in [0.717, 1.165) is 18.8 Å². The monoisotopic (exact) mass is 872 g/mol. The maximum Gasteiger partial charge on any atom is 0.305 e. The number of pyridine rings is 1. The third-order valence-corrected chi connectivity index (χ3v) is 6.10. The molecule has 0 spiro atoms. The number of amides is 3. The number of hydrogen-bond acceptors (Lipinski definition) is 14. The second kappa shape index (κ2) is 49.1. The van der Waals surface area contributed by atoms with Crippen molar-refractivity contribution in [3.05, 3.63) is 35.4 Å². The van der Waals surface area contributed by atoms with Crippen LogP contribution < -0.4 is 16.0 Å². The van der Waals surface area contributed by atoms with Crippen molar-refractivity contribution in [1.29, 1.82) is 0 Å². The Morgan fingerprint density at radius 3 is 1.95 bits per heavy atom. The van der Waals surface area contributed by atoms with Gasteiger partial charge in [-0.1, -0.05) is 58.4 Å². The summed E-state index contributed by atoms with van der Waals surface area (Å²) in [7, 11) is 1.71. The summed E-state index contributed by atoms with van der Waals surface area (Å²) in [6, 6.07) is 3.41. The summed E-state index contributed by atoms with van der Waals surface area (Å²) in [4.78, 5) is 48.4. The van der Waals surface area contributed by atoms with Crippen LogP contribution in [0.5, 0.6) is 0 Å². The molecule has 0 aliphatic carbocycles. The van der Waals surface area contributed by atoms with E-state index in [-0.39, 0.29) is 36.2 Å². The second-order valence-corrected chi connectivity index (χ2v) is 11.7. The Kier molecular flexibility index (Phi) is 54.4. The third kappa shape index (κ3) is 50.9. The Labute approximate surface area is 357 Å². The van der Waals surface area contributed by atoms with Crippen molar-refractivity contribution in [3.8, 4) is 0 Å². The van der Waals surface area contributed by atoms with Gasteiger partial charge in [-0.05, 0) is 59.3 Å². The highest BCUT2D eigenvalue weighted by Gasteiger charge is 2.11. The molecule has 0 saturated heterocycles. The highest BCUT2D eigenvalue weighted by molar-refractivity contribution is 8.59. The number of methoxy groups -OCH3 is 1. The van der Waals surface area contributed by atoms with Gasteiger partial charge in [0.25, 0.3) is 0 Å². The standard InChI is InChI=1S/C13H15ClN6O2.C10H19NO6.C5H13N.C5H12O.2C2H6.H2S2/c1-10-2-3-11(13(14)16-10)17-12(22)8-19(9-21)6-7-20-5-4-15-18-20;12-9-11-2-4-16-6-8-17-7-5-15-3-1-10(13)14;1-3-5-6-4-2;1-5(2,3)6-4;3*1-2/h2-5,9H,6-8H2,1H3,(H,17,22);9H,1-8H2,(H,11,12)(H,13,14);6H,3-5H2,1-2H3;1-4H3;2*1-2H3;1-2H. The number of anilines is 1. The Morgan fingerprint density at radius 1 is 0.965 bits per heavy atom. The van der Waals surface area contributed by atoms with Gasteiger partial charge in [-0.2, -0.15) is 0 Å². The molecule has 0 fully saturated rings. The van der Waals surface area contributed by atoms with E-state index >= 15 is 0 Å². The van der Waals surface area contributed by atoms with Crippen molar-refractivity contribution in [2.75, 3.05) is 84.8 Å². The molecule has 0 aliphatic heterocycles. The summed E-state index contributed by atoms with van der Waals surface area (Å²) < 4.78 is 21.8. The van der Waals surface area contributed by atoms with Gasteiger partial charge >= 0.3 is 5.97 Å². The van der Waals surface area contributed by atoms with Crippen LogP contribution in [0.25, 0.3) is 0 Å². The highest BCUT2D eigenvalue weighted by atomic mass is 35.5. The predicted octanol–water partition coefficient (Wildman–Crippen LogP) is 5.24. The van der Waals surface area contributed by atoms with Gasteiger partial charge in [-0.3, -0.25) is 23.9 Å². The fraction of sp³-hybridized carbons (Fsp3) is 0.703. The molecular formula is C37H73ClN8O9S2. The van der Waals surface area contributed by atoms with Crippen molar-refractivity contribution >= 4 is 65.3 Å². The molecule has 2 aromatic rings. The van der Waals surface area contributed by atoms with E-state index in [1.807, 2.05) is 48.5 Å². The first-order valence-electron chi connectivity index (χ1n) is 18.9. The van der Waals surface area contributed by atoms with Crippen molar-refractivity contribution in [2.45, 2.75) is 94.2 Å². The predicted molar refractivity (Wildman–Crippen MR) is 235 cm³/mol. The highest BCUT2D eigenvalue weighted by Crippen LogP contribution is 2.19. The van der Waals surface area contributed by atoms with Crippen LogP contribution >= 0.6 is 34.9 Å². The molecule has 17 nitrogen and oxygen atoms in total. The van der Waals surface area contributed by atoms with Crippen LogP contribution in [-0.4, -0.2) is 140 Å². The maximum absolute atomic E-state index is 11.9. The molecule has 0 bridgehead atoms. The first kappa shape index (κ1) is 63.1. The molecule has 3 amide bonds. The van der Waals surface area contributed by atoms with Gasteiger partial charge in [-0.25, -0.2) is 4.98 Å². The van der Waals surface area contributed by atoms with Gasteiger partial charge in [0.05, 0.1) is 76.6 Å². The molecular weight excluding hydrogens is 800 g/mol. The lowest BCUT2D eigenvalue weighted by Crippen LogP contribution is -2.34. The zero-order valence-electron chi connectivity index (χ0n) is 36.1. The first-order chi connectivity index (χ1) is 27.3. The number of thiol groups is 2. The fourth-order valence-electron chi connectivity index (χ4n) is 2.99. The Bertz CT molecular complexity index is 1170. The molecule has 0 radical (unpaired) electrons. The molecule has 2 aromatic heterocycles. The Balaban J connectivity index is -0.000000227. The smallest absolute Gasteiger partial charge is 0.305 e. The van der Waals surface area contributed by atoms with Gasteiger partial charge in [0.15, 0.2) is 5.15 Å². The van der Waals surface area contributed by atoms with E-state index < -0.39 is 5.97 Å². The summed E-state index contributed by atoms with van der Waals surface area (Å²) in [6.45, 7) is 26.0. The van der Waals surface area contributed by atoms with E-state index in [1.54, 1.807) is 43.2 Å². The quantitative estimate of drug-likeness (QED) is 0.0278. The molecule has 4 N–H and O–H groups in total. The first-order valence-corrected chi connectivity index (χ1v) is 20.8. The van der Waals surface area contributed by atoms with Crippen LogP contribution in [0.1, 0.15) is 80.8 Å². The van der Waals surface area contributed by atoms with Crippen molar-refractivity contribution in [1.82, 2.24) is 35.5 Å². The van der Waals surface area contributed by atoms with E-state index in [9.17, 15) is 19.2 Å². The minimum absolute atomic E-state index is 0.00679. The topological polar surface area (TPSA) is 208 Å². The number of nitrogens with zero attached hydrogens (tertiary/aromatic N) is 5. The number of hydrogen-bond donors (Lipinski definition) is 6. The lowest BCUT2D eigenvalue weighted by atomic mass is 10.2. The van der Waals surface area contributed by atoms with Crippen LogP contribution in [0.4, 0.5) is 5.69 Å². The second-order valence-electron chi connectivity index (χ2n) is 11.3. The number of carbonyl (C=O) groups excluding carboxylic acids is 3. The zero-order chi connectivity index (χ0) is 44.8. The summed E-state index contributed by atoms with van der Waals surface area (Å²) in [5, 5.41) is 24.3. The number of nitrogens with one attached hydrogen (secondary N) is 3. The van der Waals surface area contributed by atoms with Crippen LogP contribution in [0, 0.1) is 6.92 Å². The Morgan fingerprint density at radius 2 is 1.53 bits per heavy atom. The number of aryl methyl sites for hydroxylation is 1. The van der Waals surface area contributed by atoms with E-state index in [1.165, 1.54) is 11.3 Å². The number of aliphatic carboxylic acids is 1. The number of halogens is 1. The lowest BCUT2D eigenvalue weighted by Gasteiger charge is -2.16. The molecule has 2 rings (SSSR count). The maximum atomic E-state index is 11.9. The van der Waals surface area contributed by atoms with Crippen LogP contribution in [0.3, 0.4) is 0 Å². The summed E-state index contributed by atoms with van der Waals surface area (Å²) in [5.74, 6) is -1.22. The molecule has 0 atom stereocenters. The van der Waals surface area contributed by atoms with Crippen LogP contribution in [-0.2, 0) is 44.7 Å². The largest absolute Gasteiger partial charge is 0.481 e. The fourth-order valence-corrected chi connectivity index (χ4v) is 3.23. The summed E-state index contributed by atoms with van der Waals surface area (Å²) >= 11 is 12.4. The van der Waals surface area contributed by atoms with E-state index in [4.69, 9.17) is 35.7 Å². The average Bonchev–Trinajstić information content (AvgIpc) is 3.74. The number of ether oxygens (including phenoxy) is 4. The van der Waals surface area contributed by atoms with E-state index in [2.05, 4.69) is 68.4 Å². The number of rotatable bonds is 23. The SMILES string of the molecule is CC.CC.CCCNCC.COC(C)(C)C.Cc1ccc(NC(=O)CN(C=O)CCn2ccnn2)c(Cl)n1.O=CNCCOCCOCCOCCC(=O)O.SS. The van der Waals surface area contributed by atoms with Gasteiger partial charge in [0, 0.05) is 32.1 Å². The van der Waals surface area contributed by atoms with Gasteiger partial charge in [0.1, 0.15) is 0 Å². The number of carboxylic acid groups (broad SMARTS) is 1. The van der Waals surface area contributed by atoms with Gasteiger partial charge in [-0.15, -0.1) is 28.4 Å². The molecule has 0 saturated carbocycles. The molecule has 334 valence electrons. The van der Waals surface area contributed by atoms with Crippen molar-refractivity contribution in [3.63, 3.8) is 0 Å². The van der Waals surface area contributed by atoms with Crippen LogP contribution in [0.15, 0.2) is 24.5 Å². The molecule has 0 unspecified atom stereocenters. The lowest BCUT2D eigenvalue weighted by molar-refractivity contribution is -0.138. The summed E-state index contributed by atoms with van der Waals surface area (Å²) in [6.07, 6.45) is 5.71. The van der Waals surface area contributed by atoms with E-state index in [0.29, 0.717) is 71.2 Å². The van der Waals surface area contributed by atoms with Gasteiger partial charge < -0.3 is 44.9 Å².